The quantitative estimate of drug-likeness (QED) is 0.648. The molecule has 1 aromatic heterocycles. The second kappa shape index (κ2) is 7.21. The molecule has 0 saturated carbocycles. The van der Waals surface area contributed by atoms with Crippen LogP contribution >= 0.6 is 0 Å². The number of rotatable bonds is 6. The van der Waals surface area contributed by atoms with E-state index >= 15 is 0 Å². The Balaban J connectivity index is 2.03. The number of aryl methyl sites for hydroxylation is 1. The lowest BCUT2D eigenvalue weighted by Gasteiger charge is -2.11. The van der Waals surface area contributed by atoms with Gasteiger partial charge in [-0.05, 0) is 30.2 Å². The molecule has 4 nitrogen and oxygen atoms in total. The summed E-state index contributed by atoms with van der Waals surface area (Å²) in [4.78, 5) is 11.5. The van der Waals surface area contributed by atoms with Crippen LogP contribution in [0.3, 0.4) is 0 Å². The molecule has 0 aliphatic heterocycles. The van der Waals surface area contributed by atoms with Crippen molar-refractivity contribution in [2.45, 2.75) is 19.4 Å². The van der Waals surface area contributed by atoms with Crippen LogP contribution in [0.1, 0.15) is 17.7 Å². The Bertz CT molecular complexity index is 837. The smallest absolute Gasteiger partial charge is 0.305 e. The molecule has 3 aromatic rings. The first-order valence-corrected chi connectivity index (χ1v) is 7.99. The highest BCUT2D eigenvalue weighted by Gasteiger charge is 2.14. The first-order valence-electron chi connectivity index (χ1n) is 7.99. The third-order valence-electron chi connectivity index (χ3n) is 4.21. The van der Waals surface area contributed by atoms with Crippen LogP contribution in [0.5, 0.6) is 5.75 Å². The number of aromatic nitrogens is 1. The number of methoxy groups -OCH3 is 2. The predicted molar refractivity (Wildman–Crippen MR) is 94.4 cm³/mol. The Hall–Kier alpha value is -2.75. The van der Waals surface area contributed by atoms with Gasteiger partial charge in [-0.15, -0.1) is 0 Å². The minimum absolute atomic E-state index is 0.196. The summed E-state index contributed by atoms with van der Waals surface area (Å²) in [6, 6.07) is 18.4. The van der Waals surface area contributed by atoms with Gasteiger partial charge in [0.1, 0.15) is 5.75 Å². The summed E-state index contributed by atoms with van der Waals surface area (Å²) in [5.74, 6) is 0.650. The molecule has 0 aliphatic carbocycles. The van der Waals surface area contributed by atoms with E-state index in [1.165, 1.54) is 12.7 Å². The van der Waals surface area contributed by atoms with Crippen LogP contribution in [-0.2, 0) is 22.5 Å². The predicted octanol–water partition coefficient (Wildman–Crippen LogP) is 3.80. The van der Waals surface area contributed by atoms with Crippen molar-refractivity contribution in [1.29, 1.82) is 0 Å². The molecule has 3 rings (SSSR count). The Morgan fingerprint density at radius 2 is 1.83 bits per heavy atom. The highest BCUT2D eigenvalue weighted by molar-refractivity contribution is 5.87. The van der Waals surface area contributed by atoms with Crippen molar-refractivity contribution in [3.63, 3.8) is 0 Å². The molecule has 0 spiro atoms. The number of esters is 1. The third kappa shape index (κ3) is 3.27. The van der Waals surface area contributed by atoms with Gasteiger partial charge in [0.25, 0.3) is 0 Å². The minimum atomic E-state index is -0.196. The van der Waals surface area contributed by atoms with Crippen LogP contribution < -0.4 is 4.74 Å². The van der Waals surface area contributed by atoms with E-state index < -0.39 is 0 Å². The van der Waals surface area contributed by atoms with Crippen molar-refractivity contribution < 1.29 is 14.3 Å². The Morgan fingerprint density at radius 3 is 2.54 bits per heavy atom. The molecule has 24 heavy (non-hydrogen) atoms. The second-order valence-electron chi connectivity index (χ2n) is 5.68. The fourth-order valence-electron chi connectivity index (χ4n) is 2.98. The van der Waals surface area contributed by atoms with Gasteiger partial charge in [0.15, 0.2) is 0 Å². The molecule has 0 bridgehead atoms. The number of carbonyl (C=O) groups is 1. The lowest BCUT2D eigenvalue weighted by molar-refractivity contribution is -0.140. The van der Waals surface area contributed by atoms with Gasteiger partial charge in [0, 0.05) is 17.6 Å². The Kier molecular flexibility index (Phi) is 4.85. The molecule has 0 amide bonds. The SMILES string of the molecule is COC(=O)CCc1cc2c(OC)cccc2n1Cc1ccccc1. The van der Waals surface area contributed by atoms with Crippen molar-refractivity contribution in [2.24, 2.45) is 0 Å². The van der Waals surface area contributed by atoms with Gasteiger partial charge in [-0.2, -0.15) is 0 Å². The van der Waals surface area contributed by atoms with Crippen LogP contribution in [0.25, 0.3) is 10.9 Å². The number of hydrogen-bond acceptors (Lipinski definition) is 3. The molecule has 4 heteroatoms. The highest BCUT2D eigenvalue weighted by atomic mass is 16.5. The lowest BCUT2D eigenvalue weighted by Crippen LogP contribution is -2.08. The molecule has 0 aliphatic rings. The van der Waals surface area contributed by atoms with Gasteiger partial charge in [-0.3, -0.25) is 4.79 Å². The summed E-state index contributed by atoms with van der Waals surface area (Å²) in [5.41, 5.74) is 3.43. The molecule has 2 aromatic carbocycles. The number of hydrogen-bond donors (Lipinski definition) is 0. The van der Waals surface area contributed by atoms with E-state index in [-0.39, 0.29) is 5.97 Å². The summed E-state index contributed by atoms with van der Waals surface area (Å²) in [6.45, 7) is 0.758. The summed E-state index contributed by atoms with van der Waals surface area (Å²) in [5, 5.41) is 1.07. The number of ether oxygens (including phenoxy) is 2. The van der Waals surface area contributed by atoms with Crippen LogP contribution in [0.2, 0.25) is 0 Å². The van der Waals surface area contributed by atoms with Gasteiger partial charge in [0.2, 0.25) is 0 Å². The van der Waals surface area contributed by atoms with E-state index in [0.29, 0.717) is 12.8 Å². The van der Waals surface area contributed by atoms with Crippen LogP contribution in [0.4, 0.5) is 0 Å². The van der Waals surface area contributed by atoms with E-state index in [0.717, 1.165) is 28.9 Å². The first-order chi connectivity index (χ1) is 11.7. The molecule has 0 atom stereocenters. The van der Waals surface area contributed by atoms with Gasteiger partial charge >= 0.3 is 5.97 Å². The van der Waals surface area contributed by atoms with E-state index in [2.05, 4.69) is 28.8 Å². The highest BCUT2D eigenvalue weighted by Crippen LogP contribution is 2.30. The standard InChI is InChI=1S/C20H21NO3/c1-23-19-10-6-9-18-17(19)13-16(11-12-20(22)24-2)21(18)14-15-7-4-3-5-8-15/h3-10,13H,11-12,14H2,1-2H3. The molecule has 0 radical (unpaired) electrons. The normalized spacial score (nSPS) is 10.8. The summed E-state index contributed by atoms with van der Waals surface area (Å²) < 4.78 is 12.5. The van der Waals surface area contributed by atoms with Gasteiger partial charge in [0.05, 0.1) is 26.2 Å². The van der Waals surface area contributed by atoms with Gasteiger partial charge in [-0.1, -0.05) is 36.4 Å². The van der Waals surface area contributed by atoms with E-state index in [9.17, 15) is 4.79 Å². The van der Waals surface area contributed by atoms with Crippen molar-refractivity contribution in [3.8, 4) is 5.75 Å². The van der Waals surface area contributed by atoms with E-state index in [4.69, 9.17) is 9.47 Å². The molecular formula is C20H21NO3. The van der Waals surface area contributed by atoms with E-state index in [1.54, 1.807) is 7.11 Å². The maximum atomic E-state index is 11.5. The molecule has 0 N–H and O–H groups in total. The molecule has 0 unspecified atom stereocenters. The van der Waals surface area contributed by atoms with E-state index in [1.807, 2.05) is 30.3 Å². The third-order valence-corrected chi connectivity index (χ3v) is 4.21. The van der Waals surface area contributed by atoms with Crippen molar-refractivity contribution in [2.75, 3.05) is 14.2 Å². The molecule has 0 saturated heterocycles. The molecule has 0 fully saturated rings. The zero-order valence-corrected chi connectivity index (χ0v) is 14.0. The van der Waals surface area contributed by atoms with Crippen LogP contribution in [-0.4, -0.2) is 24.8 Å². The zero-order chi connectivity index (χ0) is 16.9. The summed E-state index contributed by atoms with van der Waals surface area (Å²) >= 11 is 0. The molecular weight excluding hydrogens is 302 g/mol. The lowest BCUT2D eigenvalue weighted by atomic mass is 10.2. The zero-order valence-electron chi connectivity index (χ0n) is 14.0. The van der Waals surface area contributed by atoms with Gasteiger partial charge < -0.3 is 14.0 Å². The average molecular weight is 323 g/mol. The fraction of sp³-hybridized carbons (Fsp3) is 0.250. The number of benzene rings is 2. The van der Waals surface area contributed by atoms with Crippen LogP contribution in [0, 0.1) is 0 Å². The maximum Gasteiger partial charge on any atom is 0.305 e. The Labute approximate surface area is 141 Å². The summed E-state index contributed by atoms with van der Waals surface area (Å²) in [6.07, 6.45) is 1.00. The first kappa shape index (κ1) is 16.1. The number of nitrogens with zero attached hydrogens (tertiary/aromatic N) is 1. The van der Waals surface area contributed by atoms with Gasteiger partial charge in [-0.25, -0.2) is 0 Å². The second-order valence-corrected chi connectivity index (χ2v) is 5.68. The fourth-order valence-corrected chi connectivity index (χ4v) is 2.98. The topological polar surface area (TPSA) is 40.5 Å². The average Bonchev–Trinajstić information content (AvgIpc) is 2.98. The van der Waals surface area contributed by atoms with Crippen molar-refractivity contribution >= 4 is 16.9 Å². The Morgan fingerprint density at radius 1 is 1.04 bits per heavy atom. The number of fused-ring (bicyclic) bond motifs is 1. The molecule has 124 valence electrons. The number of carbonyl (C=O) groups excluding carboxylic acids is 1. The van der Waals surface area contributed by atoms with Crippen molar-refractivity contribution in [1.82, 2.24) is 4.57 Å². The van der Waals surface area contributed by atoms with Crippen molar-refractivity contribution in [3.05, 3.63) is 65.9 Å². The monoisotopic (exact) mass is 323 g/mol. The largest absolute Gasteiger partial charge is 0.496 e. The van der Waals surface area contributed by atoms with Crippen LogP contribution in [0.15, 0.2) is 54.6 Å². The maximum absolute atomic E-state index is 11.5. The molecule has 1 heterocycles. The minimum Gasteiger partial charge on any atom is -0.496 e. The summed E-state index contributed by atoms with van der Waals surface area (Å²) in [7, 11) is 3.10.